The van der Waals surface area contributed by atoms with Gasteiger partial charge in [0.2, 0.25) is 5.91 Å². The van der Waals surface area contributed by atoms with Crippen LogP contribution in [0.1, 0.15) is 11.1 Å². The molecule has 0 saturated carbocycles. The first-order valence-corrected chi connectivity index (χ1v) is 9.78. The van der Waals surface area contributed by atoms with Crippen molar-refractivity contribution in [2.75, 3.05) is 5.32 Å². The molecule has 0 radical (unpaired) electrons. The number of hydrogen-bond donors (Lipinski definition) is 1. The number of benzene rings is 2. The van der Waals surface area contributed by atoms with Gasteiger partial charge in [0.1, 0.15) is 18.4 Å². The summed E-state index contributed by atoms with van der Waals surface area (Å²) in [7, 11) is 0. The highest BCUT2D eigenvalue weighted by molar-refractivity contribution is 9.10. The summed E-state index contributed by atoms with van der Waals surface area (Å²) >= 11 is 3.40. The summed E-state index contributed by atoms with van der Waals surface area (Å²) in [6.45, 7) is 3.74. The minimum atomic E-state index is -0.376. The van der Waals surface area contributed by atoms with Crippen molar-refractivity contribution in [1.82, 2.24) is 19.4 Å². The minimum absolute atomic E-state index is 0.179. The monoisotopic (exact) mass is 451 g/mol. The van der Waals surface area contributed by atoms with Crippen LogP contribution in [0.5, 0.6) is 0 Å². The molecule has 0 fully saturated rings. The maximum Gasteiger partial charge on any atom is 0.293 e. The lowest BCUT2D eigenvalue weighted by molar-refractivity contribution is -0.117. The van der Waals surface area contributed by atoms with Crippen molar-refractivity contribution in [3.05, 3.63) is 80.8 Å². The number of hydrogen-bond acceptors (Lipinski definition) is 4. The van der Waals surface area contributed by atoms with Crippen LogP contribution in [0.4, 0.5) is 5.69 Å². The van der Waals surface area contributed by atoms with E-state index in [1.165, 1.54) is 10.8 Å². The van der Waals surface area contributed by atoms with E-state index in [1.807, 2.05) is 56.3 Å². The largest absolute Gasteiger partial charge is 0.324 e. The number of nitrogens with one attached hydrogen (secondary N) is 1. The maximum absolute atomic E-state index is 12.8. The highest BCUT2D eigenvalue weighted by Crippen LogP contribution is 2.21. The number of carbonyl (C=O) groups is 1. The second-order valence-electron chi connectivity index (χ2n) is 6.83. The molecule has 0 bridgehead atoms. The van der Waals surface area contributed by atoms with Gasteiger partial charge in [-0.1, -0.05) is 45.8 Å². The topological polar surface area (TPSA) is 81.3 Å². The van der Waals surface area contributed by atoms with Crippen molar-refractivity contribution in [1.29, 1.82) is 0 Å². The third-order valence-electron chi connectivity index (χ3n) is 4.58. The zero-order valence-corrected chi connectivity index (χ0v) is 17.5. The summed E-state index contributed by atoms with van der Waals surface area (Å²) < 4.78 is 3.53. The zero-order chi connectivity index (χ0) is 20.5. The molecule has 146 valence electrons. The predicted octanol–water partition coefficient (Wildman–Crippen LogP) is 3.58. The second kappa shape index (κ2) is 7.63. The van der Waals surface area contributed by atoms with Gasteiger partial charge < -0.3 is 5.32 Å². The van der Waals surface area contributed by atoms with Crippen LogP contribution in [0.2, 0.25) is 0 Å². The quantitative estimate of drug-likeness (QED) is 0.514. The van der Waals surface area contributed by atoms with Gasteiger partial charge >= 0.3 is 0 Å². The number of nitrogens with zero attached hydrogens (tertiary/aromatic N) is 4. The first-order chi connectivity index (χ1) is 13.9. The highest BCUT2D eigenvalue weighted by Gasteiger charge is 2.13. The molecular formula is C21H18BrN5O2. The van der Waals surface area contributed by atoms with Crippen LogP contribution in [0, 0.1) is 13.8 Å². The smallest absolute Gasteiger partial charge is 0.293 e. The van der Waals surface area contributed by atoms with Crippen LogP contribution < -0.4 is 10.9 Å². The van der Waals surface area contributed by atoms with E-state index in [0.717, 1.165) is 31.5 Å². The Bertz CT molecular complexity index is 1270. The molecule has 1 amide bonds. The molecule has 2 aromatic carbocycles. The Morgan fingerprint density at radius 2 is 1.86 bits per heavy atom. The lowest BCUT2D eigenvalue weighted by Crippen LogP contribution is -2.30. The first kappa shape index (κ1) is 19.1. The third-order valence-corrected chi connectivity index (χ3v) is 5.11. The molecule has 29 heavy (non-hydrogen) atoms. The fourth-order valence-corrected chi connectivity index (χ4v) is 3.36. The minimum Gasteiger partial charge on any atom is -0.324 e. The predicted molar refractivity (Wildman–Crippen MR) is 115 cm³/mol. The summed E-state index contributed by atoms with van der Waals surface area (Å²) in [6.07, 6.45) is 1.43. The summed E-state index contributed by atoms with van der Waals surface area (Å²) in [5.74, 6) is -0.316. The number of carbonyl (C=O) groups excluding carboxylic acids is 1. The van der Waals surface area contributed by atoms with E-state index >= 15 is 0 Å². The number of aryl methyl sites for hydroxylation is 2. The fraction of sp³-hybridized carbons (Fsp3) is 0.143. The van der Waals surface area contributed by atoms with E-state index in [9.17, 15) is 9.59 Å². The number of aromatic nitrogens is 4. The molecule has 4 rings (SSSR count). The molecule has 0 saturated heterocycles. The van der Waals surface area contributed by atoms with Crippen LogP contribution >= 0.6 is 15.9 Å². The van der Waals surface area contributed by atoms with Gasteiger partial charge in [0, 0.05) is 15.7 Å². The van der Waals surface area contributed by atoms with Gasteiger partial charge in [-0.2, -0.15) is 10.2 Å². The van der Waals surface area contributed by atoms with Crippen LogP contribution in [0.15, 0.2) is 64.1 Å². The van der Waals surface area contributed by atoms with Crippen molar-refractivity contribution >= 4 is 33.0 Å². The van der Waals surface area contributed by atoms with Crippen LogP contribution in [0.3, 0.4) is 0 Å². The van der Waals surface area contributed by atoms with Crippen LogP contribution in [-0.4, -0.2) is 25.3 Å². The van der Waals surface area contributed by atoms with Gasteiger partial charge in [-0.05, 0) is 43.7 Å². The molecule has 0 aliphatic heterocycles. The number of rotatable bonds is 4. The lowest BCUT2D eigenvalue weighted by Gasteiger charge is -2.09. The number of halogens is 1. The van der Waals surface area contributed by atoms with Crippen LogP contribution in [0.25, 0.3) is 16.8 Å². The molecule has 8 heteroatoms. The molecule has 2 heterocycles. The molecular weight excluding hydrogens is 434 g/mol. The summed E-state index contributed by atoms with van der Waals surface area (Å²) in [5, 5.41) is 11.3. The van der Waals surface area contributed by atoms with E-state index < -0.39 is 0 Å². The average molecular weight is 452 g/mol. The Hall–Kier alpha value is -3.26. The fourth-order valence-electron chi connectivity index (χ4n) is 3.09. The van der Waals surface area contributed by atoms with E-state index in [0.29, 0.717) is 11.2 Å². The molecule has 7 nitrogen and oxygen atoms in total. The summed E-state index contributed by atoms with van der Waals surface area (Å²) in [6, 6.07) is 15.1. The third kappa shape index (κ3) is 3.97. The number of amides is 1. The van der Waals surface area contributed by atoms with E-state index in [2.05, 4.69) is 31.4 Å². The highest BCUT2D eigenvalue weighted by atomic mass is 79.9. The average Bonchev–Trinajstić information content (AvgIpc) is 3.12. The van der Waals surface area contributed by atoms with Gasteiger partial charge in [-0.25, -0.2) is 9.20 Å². The molecule has 2 aromatic heterocycles. The molecule has 1 N–H and O–H groups in total. The van der Waals surface area contributed by atoms with E-state index in [4.69, 9.17) is 0 Å². The van der Waals surface area contributed by atoms with Crippen molar-refractivity contribution < 1.29 is 4.79 Å². The molecule has 0 spiro atoms. The van der Waals surface area contributed by atoms with Crippen molar-refractivity contribution in [3.63, 3.8) is 0 Å². The SMILES string of the molecule is Cc1ccc(NC(=O)Cn2ncn3nc(-c4ccc(Br)cc4)cc3c2=O)c(C)c1. The maximum atomic E-state index is 12.8. The molecule has 0 atom stereocenters. The number of fused-ring (bicyclic) bond motifs is 1. The van der Waals surface area contributed by atoms with Crippen LogP contribution in [-0.2, 0) is 11.3 Å². The first-order valence-electron chi connectivity index (χ1n) is 8.99. The normalized spacial score (nSPS) is 11.0. The summed E-state index contributed by atoms with van der Waals surface area (Å²) in [4.78, 5) is 25.2. The summed E-state index contributed by atoms with van der Waals surface area (Å²) in [5.41, 5.74) is 4.33. The van der Waals surface area contributed by atoms with Gasteiger partial charge in [0.05, 0.1) is 5.69 Å². The second-order valence-corrected chi connectivity index (χ2v) is 7.74. The zero-order valence-electron chi connectivity index (χ0n) is 15.9. The molecule has 0 aliphatic rings. The Balaban J connectivity index is 1.59. The van der Waals surface area contributed by atoms with Gasteiger partial charge in [-0.15, -0.1) is 0 Å². The molecule has 4 aromatic rings. The van der Waals surface area contributed by atoms with Gasteiger partial charge in [0.25, 0.3) is 5.56 Å². The van der Waals surface area contributed by atoms with E-state index in [-0.39, 0.29) is 18.0 Å². The standard InChI is InChI=1S/C21H18BrN5O2/c1-13-3-8-17(14(2)9-13)24-20(28)11-26-21(29)19-10-18(25-27(19)12-23-26)15-4-6-16(22)7-5-15/h3-10,12H,11H2,1-2H3,(H,24,28). The Labute approximate surface area is 175 Å². The molecule has 0 unspecified atom stereocenters. The van der Waals surface area contributed by atoms with Gasteiger partial charge in [-0.3, -0.25) is 9.59 Å². The van der Waals surface area contributed by atoms with Crippen molar-refractivity contribution in [2.24, 2.45) is 0 Å². The van der Waals surface area contributed by atoms with Gasteiger partial charge in [0.15, 0.2) is 0 Å². The Morgan fingerprint density at radius 1 is 1.10 bits per heavy atom. The van der Waals surface area contributed by atoms with E-state index in [1.54, 1.807) is 6.07 Å². The Morgan fingerprint density at radius 3 is 2.59 bits per heavy atom. The number of anilines is 1. The lowest BCUT2D eigenvalue weighted by atomic mass is 10.1. The molecule has 0 aliphatic carbocycles. The van der Waals surface area contributed by atoms with Crippen molar-refractivity contribution in [3.8, 4) is 11.3 Å². The van der Waals surface area contributed by atoms with Crippen molar-refractivity contribution in [2.45, 2.75) is 20.4 Å². The Kier molecular flexibility index (Phi) is 5.02.